The van der Waals surface area contributed by atoms with Crippen molar-refractivity contribution in [3.8, 4) is 0 Å². The van der Waals surface area contributed by atoms with Crippen molar-refractivity contribution in [1.29, 1.82) is 0 Å². The van der Waals surface area contributed by atoms with Crippen LogP contribution in [-0.2, 0) is 17.8 Å². The minimum atomic E-state index is -0.184. The van der Waals surface area contributed by atoms with Crippen LogP contribution in [0.5, 0.6) is 0 Å². The summed E-state index contributed by atoms with van der Waals surface area (Å²) >= 11 is 6.13. The van der Waals surface area contributed by atoms with Crippen LogP contribution < -0.4 is 0 Å². The number of para-hydroxylation sites is 1. The molecule has 0 saturated heterocycles. The predicted molar refractivity (Wildman–Crippen MR) is 146 cm³/mol. The van der Waals surface area contributed by atoms with E-state index in [9.17, 15) is 9.59 Å². The normalized spacial score (nSPS) is 11.1. The summed E-state index contributed by atoms with van der Waals surface area (Å²) in [5, 5.41) is 1.67. The Hall–Kier alpha value is -3.57. The second-order valence-electron chi connectivity index (χ2n) is 9.50. The van der Waals surface area contributed by atoms with E-state index in [1.807, 2.05) is 67.4 Å². The molecular weight excluding hydrogens is 470 g/mol. The first-order valence-electron chi connectivity index (χ1n) is 12.3. The number of nitrogens with zero attached hydrogens (tertiary/aromatic N) is 2. The average Bonchev–Trinajstić information content (AvgIpc) is 3.29. The zero-order valence-electron chi connectivity index (χ0n) is 20.8. The fourth-order valence-electron chi connectivity index (χ4n) is 4.42. The molecule has 1 aromatic heterocycles. The number of hydrogen-bond donors (Lipinski definition) is 1. The van der Waals surface area contributed by atoms with Crippen LogP contribution in [0.25, 0.3) is 10.9 Å². The Morgan fingerprint density at radius 2 is 1.67 bits per heavy atom. The summed E-state index contributed by atoms with van der Waals surface area (Å²) in [5.41, 5.74) is 3.81. The Balaban J connectivity index is 1.54. The van der Waals surface area contributed by atoms with Gasteiger partial charge in [-0.2, -0.15) is 0 Å². The second-order valence-corrected chi connectivity index (χ2v) is 9.94. The van der Waals surface area contributed by atoms with E-state index in [0.29, 0.717) is 30.2 Å². The number of carbonyl (C=O) groups excluding carboxylic acids is 2. The van der Waals surface area contributed by atoms with E-state index in [4.69, 9.17) is 11.6 Å². The van der Waals surface area contributed by atoms with Crippen molar-refractivity contribution >= 4 is 34.3 Å². The van der Waals surface area contributed by atoms with Crippen LogP contribution in [-0.4, -0.2) is 46.2 Å². The molecule has 1 heterocycles. The zero-order chi connectivity index (χ0) is 25.5. The first-order valence-corrected chi connectivity index (χ1v) is 12.7. The molecule has 186 valence electrons. The number of amides is 2. The molecule has 5 nitrogen and oxygen atoms in total. The number of aromatic amines is 1. The molecule has 0 radical (unpaired) electrons. The van der Waals surface area contributed by atoms with Gasteiger partial charge in [0.2, 0.25) is 5.91 Å². The lowest BCUT2D eigenvalue weighted by Crippen LogP contribution is -2.44. The highest BCUT2D eigenvalue weighted by Crippen LogP contribution is 2.19. The van der Waals surface area contributed by atoms with Crippen LogP contribution >= 0.6 is 11.6 Å². The van der Waals surface area contributed by atoms with E-state index in [2.05, 4.69) is 17.1 Å². The SMILES string of the molecule is CC(C)CN(CC(=O)N(CCc1c[nH]c2ccccc12)Cc1ccccc1)C(=O)c1cccc(Cl)c1. The number of H-pyrrole nitrogens is 1. The third-order valence-corrected chi connectivity index (χ3v) is 6.40. The third kappa shape index (κ3) is 6.55. The van der Waals surface area contributed by atoms with Crippen LogP contribution in [0.3, 0.4) is 0 Å². The monoisotopic (exact) mass is 501 g/mol. The van der Waals surface area contributed by atoms with Crippen molar-refractivity contribution in [2.45, 2.75) is 26.8 Å². The maximum atomic E-state index is 13.7. The minimum absolute atomic E-state index is 0.0181. The first-order chi connectivity index (χ1) is 17.4. The van der Waals surface area contributed by atoms with Gasteiger partial charge >= 0.3 is 0 Å². The number of fused-ring (bicyclic) bond motifs is 1. The number of aromatic nitrogens is 1. The zero-order valence-corrected chi connectivity index (χ0v) is 21.5. The summed E-state index contributed by atoms with van der Waals surface area (Å²) in [5.74, 6) is -0.0414. The molecule has 0 aliphatic rings. The molecule has 0 saturated carbocycles. The Morgan fingerprint density at radius 1 is 0.917 bits per heavy atom. The summed E-state index contributed by atoms with van der Waals surface area (Å²) in [6.07, 6.45) is 2.73. The number of benzene rings is 3. The van der Waals surface area contributed by atoms with Crippen molar-refractivity contribution in [2.24, 2.45) is 5.92 Å². The minimum Gasteiger partial charge on any atom is -0.361 e. The van der Waals surface area contributed by atoms with Gasteiger partial charge in [-0.3, -0.25) is 9.59 Å². The number of carbonyl (C=O) groups is 2. The Kier molecular flexibility index (Phi) is 8.44. The Morgan fingerprint density at radius 3 is 2.42 bits per heavy atom. The lowest BCUT2D eigenvalue weighted by Gasteiger charge is -2.29. The maximum absolute atomic E-state index is 13.7. The van der Waals surface area contributed by atoms with Crippen molar-refractivity contribution < 1.29 is 9.59 Å². The van der Waals surface area contributed by atoms with Gasteiger partial charge in [-0.25, -0.2) is 0 Å². The number of halogens is 1. The molecule has 4 aromatic rings. The predicted octanol–water partition coefficient (Wildman–Crippen LogP) is 6.19. The van der Waals surface area contributed by atoms with E-state index in [1.54, 1.807) is 29.2 Å². The van der Waals surface area contributed by atoms with Gasteiger partial charge in [-0.15, -0.1) is 0 Å². The van der Waals surface area contributed by atoms with E-state index in [1.165, 1.54) is 10.9 Å². The van der Waals surface area contributed by atoms with Gasteiger partial charge in [0.25, 0.3) is 5.91 Å². The van der Waals surface area contributed by atoms with E-state index >= 15 is 0 Å². The molecule has 6 heteroatoms. The molecule has 36 heavy (non-hydrogen) atoms. The maximum Gasteiger partial charge on any atom is 0.254 e. The second kappa shape index (κ2) is 11.9. The molecule has 2 amide bonds. The highest BCUT2D eigenvalue weighted by Gasteiger charge is 2.24. The highest BCUT2D eigenvalue weighted by atomic mass is 35.5. The van der Waals surface area contributed by atoms with Gasteiger partial charge in [-0.05, 0) is 47.7 Å². The fraction of sp³-hybridized carbons (Fsp3) is 0.267. The molecule has 0 fully saturated rings. The van der Waals surface area contributed by atoms with Gasteiger partial charge in [0.15, 0.2) is 0 Å². The Bertz CT molecular complexity index is 1320. The molecule has 0 spiro atoms. The quantitative estimate of drug-likeness (QED) is 0.281. The molecule has 0 bridgehead atoms. The van der Waals surface area contributed by atoms with Crippen molar-refractivity contribution in [1.82, 2.24) is 14.8 Å². The average molecular weight is 502 g/mol. The summed E-state index contributed by atoms with van der Waals surface area (Å²) in [7, 11) is 0. The van der Waals surface area contributed by atoms with Gasteiger partial charge < -0.3 is 14.8 Å². The molecule has 0 unspecified atom stereocenters. The topological polar surface area (TPSA) is 56.4 Å². The van der Waals surface area contributed by atoms with Crippen LogP contribution in [0.4, 0.5) is 0 Å². The van der Waals surface area contributed by atoms with Gasteiger partial charge in [0, 0.05) is 47.3 Å². The van der Waals surface area contributed by atoms with Crippen LogP contribution in [0.2, 0.25) is 5.02 Å². The molecule has 3 aromatic carbocycles. The molecule has 0 aliphatic heterocycles. The molecule has 0 atom stereocenters. The first kappa shape index (κ1) is 25.5. The van der Waals surface area contributed by atoms with Crippen LogP contribution in [0.15, 0.2) is 85.1 Å². The number of nitrogens with one attached hydrogen (secondary N) is 1. The van der Waals surface area contributed by atoms with Crippen LogP contribution in [0, 0.1) is 5.92 Å². The highest BCUT2D eigenvalue weighted by molar-refractivity contribution is 6.31. The van der Waals surface area contributed by atoms with E-state index < -0.39 is 0 Å². The lowest BCUT2D eigenvalue weighted by molar-refractivity contribution is -0.132. The van der Waals surface area contributed by atoms with Crippen molar-refractivity contribution in [2.75, 3.05) is 19.6 Å². The molecule has 1 N–H and O–H groups in total. The fourth-order valence-corrected chi connectivity index (χ4v) is 4.61. The molecule has 4 rings (SSSR count). The lowest BCUT2D eigenvalue weighted by atomic mass is 10.1. The van der Waals surface area contributed by atoms with Gasteiger partial charge in [0.1, 0.15) is 6.54 Å². The summed E-state index contributed by atoms with van der Waals surface area (Å²) in [6, 6.07) is 25.0. The Labute approximate surface area is 217 Å². The largest absolute Gasteiger partial charge is 0.361 e. The summed E-state index contributed by atoms with van der Waals surface area (Å²) < 4.78 is 0. The van der Waals surface area contributed by atoms with Crippen molar-refractivity contribution in [3.63, 3.8) is 0 Å². The van der Waals surface area contributed by atoms with Gasteiger partial charge in [-0.1, -0.05) is 80.0 Å². The summed E-state index contributed by atoms with van der Waals surface area (Å²) in [6.45, 7) is 5.63. The van der Waals surface area contributed by atoms with Crippen LogP contribution in [0.1, 0.15) is 35.3 Å². The number of rotatable bonds is 10. The third-order valence-electron chi connectivity index (χ3n) is 6.17. The number of hydrogen-bond acceptors (Lipinski definition) is 2. The van der Waals surface area contributed by atoms with Crippen molar-refractivity contribution in [3.05, 3.63) is 107 Å². The van der Waals surface area contributed by atoms with E-state index in [0.717, 1.165) is 17.5 Å². The smallest absolute Gasteiger partial charge is 0.254 e. The molecule has 0 aliphatic carbocycles. The van der Waals surface area contributed by atoms with E-state index in [-0.39, 0.29) is 24.3 Å². The van der Waals surface area contributed by atoms with Gasteiger partial charge in [0.05, 0.1) is 0 Å². The summed E-state index contributed by atoms with van der Waals surface area (Å²) in [4.78, 5) is 33.8. The molecular formula is C30H32ClN3O2. The standard InChI is InChI=1S/C30H32ClN3O2/c1-22(2)19-34(30(36)24-11-8-12-26(31)17-24)21-29(35)33(20-23-9-4-3-5-10-23)16-15-25-18-32-28-14-7-6-13-27(25)28/h3-14,17-18,22,32H,15-16,19-21H2,1-2H3.